The van der Waals surface area contributed by atoms with E-state index < -0.39 is 47.1 Å². The lowest BCUT2D eigenvalue weighted by Gasteiger charge is -2.44. The number of carbonyl (C=O) groups excluding carboxylic acids is 3. The van der Waals surface area contributed by atoms with Crippen LogP contribution in [0.4, 0.5) is 0 Å². The molecule has 0 aromatic carbocycles. The van der Waals surface area contributed by atoms with Gasteiger partial charge in [-0.2, -0.15) is 0 Å². The highest BCUT2D eigenvalue weighted by atomic mass is 79.9. The third-order valence-electron chi connectivity index (χ3n) is 7.22. The van der Waals surface area contributed by atoms with Gasteiger partial charge in [-0.15, -0.1) is 6.58 Å². The molecule has 186 valence electrons. The number of fused-ring (bicyclic) bond motifs is 1. The van der Waals surface area contributed by atoms with Gasteiger partial charge in [0.05, 0.1) is 37.2 Å². The van der Waals surface area contributed by atoms with Gasteiger partial charge in [-0.05, 0) is 40.0 Å². The molecule has 0 aromatic rings. The number of carbonyl (C=O) groups is 3. The zero-order valence-electron chi connectivity index (χ0n) is 20.4. The van der Waals surface area contributed by atoms with Crippen LogP contribution in [0.2, 0.25) is 0 Å². The Morgan fingerprint density at radius 1 is 1.42 bits per heavy atom. The second kappa shape index (κ2) is 9.30. The van der Waals surface area contributed by atoms with Crippen molar-refractivity contribution in [2.75, 3.05) is 19.8 Å². The van der Waals surface area contributed by atoms with Crippen molar-refractivity contribution < 1.29 is 29.0 Å². The maximum atomic E-state index is 14.2. The fourth-order valence-corrected chi connectivity index (χ4v) is 6.75. The molecule has 3 aliphatic rings. The molecule has 0 radical (unpaired) electrons. The number of aliphatic hydroxyl groups is 1. The van der Waals surface area contributed by atoms with Crippen LogP contribution in [0, 0.1) is 17.8 Å². The number of hydrogen-bond acceptors (Lipinski definition) is 6. The highest BCUT2D eigenvalue weighted by Crippen LogP contribution is 2.61. The first-order valence-electron chi connectivity index (χ1n) is 11.7. The maximum Gasteiger partial charge on any atom is 0.312 e. The van der Waals surface area contributed by atoms with Crippen molar-refractivity contribution in [3.8, 4) is 0 Å². The van der Waals surface area contributed by atoms with E-state index in [-0.39, 0.29) is 35.8 Å². The van der Waals surface area contributed by atoms with Crippen molar-refractivity contribution in [1.29, 1.82) is 0 Å². The fraction of sp³-hybridized carbons (Fsp3) is 0.792. The van der Waals surface area contributed by atoms with Crippen LogP contribution < -0.4 is 0 Å². The van der Waals surface area contributed by atoms with E-state index in [1.165, 1.54) is 4.90 Å². The van der Waals surface area contributed by atoms with E-state index in [2.05, 4.69) is 22.5 Å². The number of likely N-dealkylation sites (tertiary alicyclic amines) is 1. The van der Waals surface area contributed by atoms with Crippen molar-refractivity contribution in [3.05, 3.63) is 12.7 Å². The molecular weight excluding hydrogens is 492 g/mol. The lowest BCUT2D eigenvalue weighted by molar-refractivity contribution is -0.158. The lowest BCUT2D eigenvalue weighted by Crippen LogP contribution is -2.62. The van der Waals surface area contributed by atoms with Crippen LogP contribution >= 0.6 is 15.9 Å². The monoisotopic (exact) mass is 528 g/mol. The van der Waals surface area contributed by atoms with Gasteiger partial charge in [0, 0.05) is 16.9 Å². The Kier molecular flexibility index (Phi) is 7.37. The minimum absolute atomic E-state index is 0.107. The number of alkyl halides is 1. The van der Waals surface area contributed by atoms with Crippen LogP contribution in [0.5, 0.6) is 0 Å². The topological polar surface area (TPSA) is 96.4 Å². The molecule has 0 aliphatic carbocycles. The molecule has 0 aromatic heterocycles. The molecule has 0 saturated carbocycles. The third-order valence-corrected chi connectivity index (χ3v) is 8.07. The Morgan fingerprint density at radius 3 is 2.55 bits per heavy atom. The number of nitrogens with zero attached hydrogens (tertiary/aromatic N) is 2. The van der Waals surface area contributed by atoms with Gasteiger partial charge in [0.1, 0.15) is 11.6 Å². The summed E-state index contributed by atoms with van der Waals surface area (Å²) in [5.74, 6) is -2.81. The van der Waals surface area contributed by atoms with Crippen LogP contribution in [0.3, 0.4) is 0 Å². The van der Waals surface area contributed by atoms with Gasteiger partial charge < -0.3 is 24.4 Å². The summed E-state index contributed by atoms with van der Waals surface area (Å²) in [6.45, 7) is 15.3. The van der Waals surface area contributed by atoms with E-state index in [0.29, 0.717) is 13.0 Å². The molecule has 7 atom stereocenters. The van der Waals surface area contributed by atoms with Crippen molar-refractivity contribution in [1.82, 2.24) is 9.80 Å². The average molecular weight is 529 g/mol. The second-order valence-corrected chi connectivity index (χ2v) is 11.7. The highest BCUT2D eigenvalue weighted by molar-refractivity contribution is 9.09. The number of esters is 1. The number of aliphatic hydroxyl groups excluding tert-OH is 1. The molecule has 3 saturated heterocycles. The predicted octanol–water partition coefficient (Wildman–Crippen LogP) is 2.13. The summed E-state index contributed by atoms with van der Waals surface area (Å²) in [7, 11) is 0. The average Bonchev–Trinajstić information content (AvgIpc) is 3.29. The van der Waals surface area contributed by atoms with Gasteiger partial charge in [-0.3, -0.25) is 14.4 Å². The quantitative estimate of drug-likeness (QED) is 0.294. The Bertz CT molecular complexity index is 811. The highest BCUT2D eigenvalue weighted by Gasteiger charge is 2.77. The van der Waals surface area contributed by atoms with Gasteiger partial charge in [0.25, 0.3) is 0 Å². The molecule has 3 fully saturated rings. The number of amides is 2. The third kappa shape index (κ3) is 4.04. The largest absolute Gasteiger partial charge is 0.466 e. The Morgan fingerprint density at radius 2 is 2.06 bits per heavy atom. The standard InChI is InChI=1S/C24H37BrN2O6/c1-8-10-26(23(5,6)7)21(30)19-24-11-14(25)18(33-24)16(22(31)32-9-2)17(24)20(29)27(19)15(12-28)13(3)4/h8,13-19,28H,1,9-12H2,2-7H3/t14?,15-,16+,17-,18+,19?,24?/m0/s1. The van der Waals surface area contributed by atoms with Gasteiger partial charge >= 0.3 is 5.97 Å². The minimum atomic E-state index is -1.17. The molecule has 3 unspecified atom stereocenters. The number of ether oxygens (including phenoxy) is 2. The van der Waals surface area contributed by atoms with Crippen LogP contribution in [0.15, 0.2) is 12.7 Å². The molecule has 1 N–H and O–H groups in total. The summed E-state index contributed by atoms with van der Waals surface area (Å²) in [4.78, 5) is 44.1. The Hall–Kier alpha value is -1.45. The van der Waals surface area contributed by atoms with E-state index >= 15 is 0 Å². The van der Waals surface area contributed by atoms with Crippen molar-refractivity contribution in [2.24, 2.45) is 17.8 Å². The molecule has 8 nitrogen and oxygen atoms in total. The molecule has 9 heteroatoms. The minimum Gasteiger partial charge on any atom is -0.466 e. The van der Waals surface area contributed by atoms with E-state index in [1.54, 1.807) is 17.9 Å². The summed E-state index contributed by atoms with van der Waals surface area (Å²) in [6, 6.07) is -1.55. The predicted molar refractivity (Wildman–Crippen MR) is 127 cm³/mol. The molecule has 2 bridgehead atoms. The van der Waals surface area contributed by atoms with Crippen molar-refractivity contribution in [2.45, 2.75) is 82.1 Å². The van der Waals surface area contributed by atoms with Crippen LogP contribution in [0.1, 0.15) is 48.0 Å². The zero-order chi connectivity index (χ0) is 24.9. The summed E-state index contributed by atoms with van der Waals surface area (Å²) < 4.78 is 11.8. The summed E-state index contributed by atoms with van der Waals surface area (Å²) in [6.07, 6.45) is 1.52. The maximum absolute atomic E-state index is 14.2. The molecule has 2 amide bonds. The van der Waals surface area contributed by atoms with Crippen LogP contribution in [-0.4, -0.2) is 86.6 Å². The SMILES string of the molecule is C=CCN(C(=O)C1N([C@@H](CO)C(C)C)C(=O)[C@@H]2[C@@H](C(=O)OCC)[C@@H]3OC12CC3Br)C(C)(C)C. The van der Waals surface area contributed by atoms with Crippen LogP contribution in [0.25, 0.3) is 0 Å². The van der Waals surface area contributed by atoms with E-state index in [9.17, 15) is 19.5 Å². The second-order valence-electron chi connectivity index (χ2n) is 10.6. The van der Waals surface area contributed by atoms with Crippen molar-refractivity contribution in [3.63, 3.8) is 0 Å². The fourth-order valence-electron chi connectivity index (χ4n) is 5.80. The first-order valence-corrected chi connectivity index (χ1v) is 12.6. The van der Waals surface area contributed by atoms with E-state index in [4.69, 9.17) is 9.47 Å². The first kappa shape index (κ1) is 26.2. The molecule has 3 rings (SSSR count). The Balaban J connectivity index is 2.18. The van der Waals surface area contributed by atoms with Gasteiger partial charge in [-0.1, -0.05) is 35.9 Å². The number of hydrogen-bond donors (Lipinski definition) is 1. The van der Waals surface area contributed by atoms with Gasteiger partial charge in [0.2, 0.25) is 11.8 Å². The van der Waals surface area contributed by atoms with Gasteiger partial charge in [-0.25, -0.2) is 0 Å². The summed E-state index contributed by atoms with van der Waals surface area (Å²) >= 11 is 3.64. The lowest BCUT2D eigenvalue weighted by atomic mass is 9.70. The summed E-state index contributed by atoms with van der Waals surface area (Å²) in [5.41, 5.74) is -1.70. The molecule has 33 heavy (non-hydrogen) atoms. The zero-order valence-corrected chi connectivity index (χ0v) is 22.0. The number of rotatable bonds is 8. The molecule has 1 spiro atoms. The van der Waals surface area contributed by atoms with Gasteiger partial charge in [0.15, 0.2) is 0 Å². The first-order chi connectivity index (χ1) is 15.4. The molecule has 3 heterocycles. The normalized spacial score (nSPS) is 33.9. The van der Waals surface area contributed by atoms with Crippen molar-refractivity contribution >= 4 is 33.7 Å². The van der Waals surface area contributed by atoms with Crippen LogP contribution in [-0.2, 0) is 23.9 Å². The summed E-state index contributed by atoms with van der Waals surface area (Å²) in [5, 5.41) is 10.2. The Labute approximate surface area is 204 Å². The molecule has 3 aliphatic heterocycles. The smallest absolute Gasteiger partial charge is 0.312 e. The van der Waals surface area contributed by atoms with E-state index in [1.807, 2.05) is 34.6 Å². The van der Waals surface area contributed by atoms with E-state index in [0.717, 1.165) is 0 Å². The number of halogens is 1. The molecular formula is C24H37BrN2O6.